The zero-order valence-corrected chi connectivity index (χ0v) is 4.59. The first-order chi connectivity index (χ1) is 3.79. The summed E-state index contributed by atoms with van der Waals surface area (Å²) in [5.74, 6) is 0.115. The fourth-order valence-corrected chi connectivity index (χ4v) is 0.734. The third-order valence-corrected chi connectivity index (χ3v) is 1.08. The van der Waals surface area contributed by atoms with Crippen LogP contribution in [-0.4, -0.2) is 25.0 Å². The van der Waals surface area contributed by atoms with E-state index < -0.39 is 0 Å². The second kappa shape index (κ2) is 2.24. The molecule has 1 fully saturated rings. The van der Waals surface area contributed by atoms with E-state index in [1.807, 2.05) is 0 Å². The number of hydrogen-bond acceptors (Lipinski definition) is 3. The lowest BCUT2D eigenvalue weighted by Gasteiger charge is -2.15. The van der Waals surface area contributed by atoms with Crippen LogP contribution in [0.1, 0.15) is 6.42 Å². The Morgan fingerprint density at radius 2 is 2.50 bits per heavy atom. The predicted octanol–water partition coefficient (Wildman–Crippen LogP) is -0.697. The van der Waals surface area contributed by atoms with Crippen LogP contribution in [0.25, 0.3) is 0 Å². The van der Waals surface area contributed by atoms with Gasteiger partial charge in [-0.1, -0.05) is 0 Å². The van der Waals surface area contributed by atoms with E-state index in [0.29, 0.717) is 13.0 Å². The molecule has 0 aromatic rings. The molecule has 0 radical (unpaired) electrons. The standard InChI is InChI=1S/C5H9NO2/c6-4-1-5(7)3-8-2-4/h4H,1-3,6H2/t4-/m0/s1. The summed E-state index contributed by atoms with van der Waals surface area (Å²) in [5.41, 5.74) is 5.38. The fraction of sp³-hybridized carbons (Fsp3) is 0.800. The molecule has 1 aliphatic rings. The lowest BCUT2D eigenvalue weighted by atomic mass is 10.1. The van der Waals surface area contributed by atoms with Crippen LogP contribution in [0.2, 0.25) is 0 Å². The van der Waals surface area contributed by atoms with E-state index in [1.54, 1.807) is 0 Å². The Hall–Kier alpha value is -0.410. The van der Waals surface area contributed by atoms with Crippen LogP contribution in [0.4, 0.5) is 0 Å². The molecule has 0 aromatic heterocycles. The Kier molecular flexibility index (Phi) is 1.60. The molecule has 0 spiro atoms. The summed E-state index contributed by atoms with van der Waals surface area (Å²) >= 11 is 0. The third kappa shape index (κ3) is 1.28. The number of nitrogens with two attached hydrogens (primary N) is 1. The fourth-order valence-electron chi connectivity index (χ4n) is 0.734. The van der Waals surface area contributed by atoms with Crippen LogP contribution < -0.4 is 5.73 Å². The summed E-state index contributed by atoms with van der Waals surface area (Å²) in [5, 5.41) is 0. The van der Waals surface area contributed by atoms with Gasteiger partial charge in [-0.25, -0.2) is 0 Å². The van der Waals surface area contributed by atoms with Crippen LogP contribution >= 0.6 is 0 Å². The van der Waals surface area contributed by atoms with Gasteiger partial charge < -0.3 is 10.5 Å². The number of ketones is 1. The molecule has 0 unspecified atom stereocenters. The summed E-state index contributed by atoms with van der Waals surface area (Å²) < 4.78 is 4.82. The molecule has 1 atom stereocenters. The Balaban J connectivity index is 2.34. The number of carbonyl (C=O) groups excluding carboxylic acids is 1. The number of hydrogen-bond donors (Lipinski definition) is 1. The summed E-state index contributed by atoms with van der Waals surface area (Å²) in [6, 6.07) is -0.0590. The van der Waals surface area contributed by atoms with Crippen molar-refractivity contribution in [1.82, 2.24) is 0 Å². The third-order valence-electron chi connectivity index (χ3n) is 1.08. The molecular formula is C5H9NO2. The van der Waals surface area contributed by atoms with E-state index >= 15 is 0 Å². The van der Waals surface area contributed by atoms with E-state index in [4.69, 9.17) is 10.5 Å². The summed E-state index contributed by atoms with van der Waals surface area (Å²) in [6.45, 7) is 0.791. The van der Waals surface area contributed by atoms with Gasteiger partial charge in [0.05, 0.1) is 6.61 Å². The summed E-state index contributed by atoms with van der Waals surface area (Å²) in [7, 11) is 0. The lowest BCUT2D eigenvalue weighted by Crippen LogP contribution is -2.35. The highest BCUT2D eigenvalue weighted by atomic mass is 16.5. The zero-order chi connectivity index (χ0) is 5.98. The van der Waals surface area contributed by atoms with Gasteiger partial charge in [-0.05, 0) is 0 Å². The number of Topliss-reactive ketones (excluding diaryl/α,β-unsaturated/α-hetero) is 1. The highest BCUT2D eigenvalue weighted by Gasteiger charge is 2.15. The van der Waals surface area contributed by atoms with Crippen molar-refractivity contribution in [2.45, 2.75) is 12.5 Å². The number of carbonyl (C=O) groups is 1. The highest BCUT2D eigenvalue weighted by molar-refractivity contribution is 5.80. The summed E-state index contributed by atoms with van der Waals surface area (Å²) in [6.07, 6.45) is 0.486. The van der Waals surface area contributed by atoms with Gasteiger partial charge in [-0.3, -0.25) is 4.79 Å². The normalized spacial score (nSPS) is 30.6. The van der Waals surface area contributed by atoms with E-state index in [-0.39, 0.29) is 18.4 Å². The second-order valence-electron chi connectivity index (χ2n) is 2.02. The first-order valence-corrected chi connectivity index (χ1v) is 2.64. The number of rotatable bonds is 0. The van der Waals surface area contributed by atoms with E-state index in [1.165, 1.54) is 0 Å². The van der Waals surface area contributed by atoms with Crippen LogP contribution in [-0.2, 0) is 9.53 Å². The van der Waals surface area contributed by atoms with Crippen molar-refractivity contribution in [1.29, 1.82) is 0 Å². The maximum atomic E-state index is 10.5. The van der Waals surface area contributed by atoms with Crippen LogP contribution in [0, 0.1) is 0 Å². The maximum absolute atomic E-state index is 10.5. The molecule has 1 saturated heterocycles. The van der Waals surface area contributed by atoms with Gasteiger partial charge in [0, 0.05) is 12.5 Å². The Bertz CT molecular complexity index is 103. The van der Waals surface area contributed by atoms with Gasteiger partial charge in [0.2, 0.25) is 0 Å². The maximum Gasteiger partial charge on any atom is 0.160 e. The molecule has 1 rings (SSSR count). The molecular weight excluding hydrogens is 106 g/mol. The van der Waals surface area contributed by atoms with Crippen molar-refractivity contribution in [3.05, 3.63) is 0 Å². The molecule has 3 nitrogen and oxygen atoms in total. The Morgan fingerprint density at radius 1 is 1.75 bits per heavy atom. The van der Waals surface area contributed by atoms with Gasteiger partial charge in [0.25, 0.3) is 0 Å². The van der Waals surface area contributed by atoms with Crippen LogP contribution in [0.5, 0.6) is 0 Å². The second-order valence-corrected chi connectivity index (χ2v) is 2.02. The molecule has 0 amide bonds. The van der Waals surface area contributed by atoms with Gasteiger partial charge in [-0.15, -0.1) is 0 Å². The van der Waals surface area contributed by atoms with E-state index in [2.05, 4.69) is 0 Å². The Labute approximate surface area is 47.8 Å². The molecule has 3 heteroatoms. The van der Waals surface area contributed by atoms with Gasteiger partial charge in [0.15, 0.2) is 5.78 Å². The molecule has 46 valence electrons. The molecule has 0 aliphatic carbocycles. The molecule has 1 heterocycles. The van der Waals surface area contributed by atoms with Crippen molar-refractivity contribution in [2.75, 3.05) is 13.2 Å². The first kappa shape index (κ1) is 5.72. The Morgan fingerprint density at radius 3 is 2.88 bits per heavy atom. The molecule has 2 N–H and O–H groups in total. The van der Waals surface area contributed by atoms with Crippen molar-refractivity contribution in [3.63, 3.8) is 0 Å². The van der Waals surface area contributed by atoms with Crippen molar-refractivity contribution >= 4 is 5.78 Å². The molecule has 1 aliphatic heterocycles. The van der Waals surface area contributed by atoms with E-state index in [0.717, 1.165) is 0 Å². The largest absolute Gasteiger partial charge is 0.372 e. The van der Waals surface area contributed by atoms with Crippen molar-refractivity contribution in [3.8, 4) is 0 Å². The minimum atomic E-state index is -0.0590. The molecule has 0 aromatic carbocycles. The van der Waals surface area contributed by atoms with Crippen molar-refractivity contribution < 1.29 is 9.53 Å². The SMILES string of the molecule is N[C@@H]1COCC(=O)C1. The summed E-state index contributed by atoms with van der Waals surface area (Å²) in [4.78, 5) is 10.5. The number of ether oxygens (including phenoxy) is 1. The van der Waals surface area contributed by atoms with Gasteiger partial charge >= 0.3 is 0 Å². The highest BCUT2D eigenvalue weighted by Crippen LogP contribution is 1.98. The molecule has 0 saturated carbocycles. The smallest absolute Gasteiger partial charge is 0.160 e. The van der Waals surface area contributed by atoms with Crippen LogP contribution in [0.15, 0.2) is 0 Å². The zero-order valence-electron chi connectivity index (χ0n) is 4.59. The topological polar surface area (TPSA) is 52.3 Å². The minimum absolute atomic E-state index is 0.0590. The van der Waals surface area contributed by atoms with Crippen LogP contribution in [0.3, 0.4) is 0 Å². The predicted molar refractivity (Wildman–Crippen MR) is 28.4 cm³/mol. The molecule has 0 bridgehead atoms. The lowest BCUT2D eigenvalue weighted by molar-refractivity contribution is -0.127. The monoisotopic (exact) mass is 115 g/mol. The minimum Gasteiger partial charge on any atom is -0.372 e. The average Bonchev–Trinajstić information content (AvgIpc) is 1.64. The van der Waals surface area contributed by atoms with E-state index in [9.17, 15) is 4.79 Å². The first-order valence-electron chi connectivity index (χ1n) is 2.64. The molecule has 8 heavy (non-hydrogen) atoms. The van der Waals surface area contributed by atoms with Crippen molar-refractivity contribution in [2.24, 2.45) is 5.73 Å². The quantitative estimate of drug-likeness (QED) is 0.454. The van der Waals surface area contributed by atoms with Gasteiger partial charge in [-0.2, -0.15) is 0 Å². The van der Waals surface area contributed by atoms with Gasteiger partial charge in [0.1, 0.15) is 6.61 Å². The average molecular weight is 115 g/mol.